The van der Waals surface area contributed by atoms with Crippen LogP contribution in [0.2, 0.25) is 0 Å². The monoisotopic (exact) mass is 512 g/mol. The Bertz CT molecular complexity index is 1020. The number of benzene rings is 2. The van der Waals surface area contributed by atoms with Crippen LogP contribution in [0.1, 0.15) is 51.7 Å². The van der Waals surface area contributed by atoms with Crippen molar-refractivity contribution in [3.05, 3.63) is 71.8 Å². The Morgan fingerprint density at radius 1 is 0.892 bits per heavy atom. The molecule has 9 heteroatoms. The number of amides is 2. The van der Waals surface area contributed by atoms with E-state index in [1.807, 2.05) is 60.7 Å². The second kappa shape index (κ2) is 13.1. The van der Waals surface area contributed by atoms with E-state index in [4.69, 9.17) is 19.0 Å². The van der Waals surface area contributed by atoms with E-state index in [2.05, 4.69) is 0 Å². The fourth-order valence-corrected chi connectivity index (χ4v) is 3.96. The number of hydroxylamine groups is 2. The number of hydrogen-bond donors (Lipinski definition) is 0. The van der Waals surface area contributed by atoms with Crippen molar-refractivity contribution in [3.8, 4) is 0 Å². The minimum atomic E-state index is -0.817. The topological polar surface area (TPSA) is 94.6 Å². The highest BCUT2D eigenvalue weighted by Gasteiger charge is 2.42. The van der Waals surface area contributed by atoms with Gasteiger partial charge in [-0.25, -0.2) is 14.4 Å². The van der Waals surface area contributed by atoms with Crippen LogP contribution in [0.25, 0.3) is 0 Å². The summed E-state index contributed by atoms with van der Waals surface area (Å²) in [5, 5.41) is 1.18. The van der Waals surface area contributed by atoms with Crippen molar-refractivity contribution in [2.75, 3.05) is 13.2 Å². The maximum atomic E-state index is 13.2. The summed E-state index contributed by atoms with van der Waals surface area (Å²) in [6.45, 7) is 7.38. The first kappa shape index (κ1) is 28.0. The molecular weight excluding hydrogens is 476 g/mol. The van der Waals surface area contributed by atoms with E-state index in [0.29, 0.717) is 6.42 Å². The molecular formula is C28H36N2O7. The van der Waals surface area contributed by atoms with Gasteiger partial charge in [0.05, 0.1) is 12.6 Å². The lowest BCUT2D eigenvalue weighted by molar-refractivity contribution is -0.185. The van der Waals surface area contributed by atoms with Gasteiger partial charge in [-0.05, 0) is 51.7 Å². The first-order valence-electron chi connectivity index (χ1n) is 12.5. The Morgan fingerprint density at radius 3 is 2.05 bits per heavy atom. The summed E-state index contributed by atoms with van der Waals surface area (Å²) in [5.41, 5.74) is 0.939. The third kappa shape index (κ3) is 8.49. The van der Waals surface area contributed by atoms with Crippen LogP contribution in [0.4, 0.5) is 9.59 Å². The van der Waals surface area contributed by atoms with Crippen LogP contribution in [0.5, 0.6) is 0 Å². The fraction of sp³-hybridized carbons (Fsp3) is 0.464. The predicted octanol–water partition coefficient (Wildman–Crippen LogP) is 5.09. The van der Waals surface area contributed by atoms with Crippen molar-refractivity contribution in [2.24, 2.45) is 0 Å². The van der Waals surface area contributed by atoms with E-state index in [-0.39, 0.29) is 32.8 Å². The zero-order valence-electron chi connectivity index (χ0n) is 21.9. The Kier molecular flexibility index (Phi) is 9.91. The van der Waals surface area contributed by atoms with Gasteiger partial charge in [-0.1, -0.05) is 60.7 Å². The predicted molar refractivity (Wildman–Crippen MR) is 136 cm³/mol. The van der Waals surface area contributed by atoms with E-state index >= 15 is 0 Å². The minimum Gasteiger partial charge on any atom is -0.464 e. The smallest absolute Gasteiger partial charge is 0.434 e. The summed E-state index contributed by atoms with van der Waals surface area (Å²) in [7, 11) is 0. The number of carbonyl (C=O) groups is 3. The molecule has 0 aliphatic carbocycles. The molecule has 0 radical (unpaired) electrons. The van der Waals surface area contributed by atoms with E-state index in [1.54, 1.807) is 27.7 Å². The lowest BCUT2D eigenvalue weighted by Gasteiger charge is -2.41. The lowest BCUT2D eigenvalue weighted by atomic mass is 9.98. The SMILES string of the molecule is CCOC(=O)[C@H]1CC[C@H](N(OCc2ccccc2)C(=O)OCc2ccccc2)CN1C(=O)OC(C)(C)C. The van der Waals surface area contributed by atoms with Gasteiger partial charge < -0.3 is 14.2 Å². The first-order valence-corrected chi connectivity index (χ1v) is 12.5. The molecule has 200 valence electrons. The summed E-state index contributed by atoms with van der Waals surface area (Å²) < 4.78 is 16.3. The highest BCUT2D eigenvalue weighted by molar-refractivity contribution is 5.82. The van der Waals surface area contributed by atoms with Crippen LogP contribution in [0.3, 0.4) is 0 Å². The maximum Gasteiger partial charge on any atom is 0.434 e. The zero-order valence-corrected chi connectivity index (χ0v) is 21.9. The molecule has 1 aliphatic heterocycles. The molecule has 2 aromatic rings. The quantitative estimate of drug-likeness (QED) is 0.276. The zero-order chi connectivity index (χ0) is 26.8. The van der Waals surface area contributed by atoms with Crippen molar-refractivity contribution in [3.63, 3.8) is 0 Å². The van der Waals surface area contributed by atoms with Crippen LogP contribution in [-0.2, 0) is 37.1 Å². The normalized spacial score (nSPS) is 17.6. The Balaban J connectivity index is 1.80. The third-order valence-electron chi connectivity index (χ3n) is 5.67. The molecule has 1 heterocycles. The number of piperidine rings is 1. The summed E-state index contributed by atoms with van der Waals surface area (Å²) in [4.78, 5) is 46.2. The standard InChI is InChI=1S/C28H36N2O7/c1-5-34-25(31)24-17-16-23(18-29(24)26(32)37-28(2,3)4)30(36-20-22-14-10-7-11-15-22)27(33)35-19-21-12-8-6-9-13-21/h6-15,23-24H,5,16-20H2,1-4H3/t23-,24+/m0/s1. The summed E-state index contributed by atoms with van der Waals surface area (Å²) in [6, 6.07) is 17.4. The van der Waals surface area contributed by atoms with Crippen molar-refractivity contribution in [1.29, 1.82) is 0 Å². The van der Waals surface area contributed by atoms with Gasteiger partial charge in [-0.3, -0.25) is 9.74 Å². The van der Waals surface area contributed by atoms with Gasteiger partial charge in [-0.15, -0.1) is 0 Å². The first-order chi connectivity index (χ1) is 17.7. The molecule has 2 atom stereocenters. The highest BCUT2D eigenvalue weighted by Crippen LogP contribution is 2.26. The number of likely N-dealkylation sites (tertiary alicyclic amines) is 1. The van der Waals surface area contributed by atoms with Crippen LogP contribution in [0, 0.1) is 0 Å². The van der Waals surface area contributed by atoms with Gasteiger partial charge in [0.15, 0.2) is 0 Å². The minimum absolute atomic E-state index is 0.0214. The van der Waals surface area contributed by atoms with E-state index in [9.17, 15) is 14.4 Å². The van der Waals surface area contributed by atoms with E-state index < -0.39 is 35.8 Å². The van der Waals surface area contributed by atoms with Gasteiger partial charge in [0.2, 0.25) is 0 Å². The number of rotatable bonds is 8. The molecule has 3 rings (SSSR count). The summed E-state index contributed by atoms with van der Waals surface area (Å²) in [6.07, 6.45) is -0.655. The Labute approximate surface area is 218 Å². The second-order valence-electron chi connectivity index (χ2n) is 9.76. The van der Waals surface area contributed by atoms with Crippen molar-refractivity contribution in [1.82, 2.24) is 9.96 Å². The Hall–Kier alpha value is -3.59. The molecule has 2 aromatic carbocycles. The molecule has 37 heavy (non-hydrogen) atoms. The molecule has 2 amide bonds. The molecule has 0 bridgehead atoms. The van der Waals surface area contributed by atoms with Crippen LogP contribution in [0.15, 0.2) is 60.7 Å². The molecule has 0 saturated carbocycles. The molecule has 0 spiro atoms. The van der Waals surface area contributed by atoms with Gasteiger partial charge in [0.25, 0.3) is 0 Å². The molecule has 0 unspecified atom stereocenters. The second-order valence-corrected chi connectivity index (χ2v) is 9.76. The van der Waals surface area contributed by atoms with Gasteiger partial charge in [-0.2, -0.15) is 5.06 Å². The highest BCUT2D eigenvalue weighted by atomic mass is 16.7. The molecule has 1 fully saturated rings. The number of esters is 1. The lowest BCUT2D eigenvalue weighted by Crippen LogP contribution is -2.58. The number of hydrogen-bond acceptors (Lipinski definition) is 7. The fourth-order valence-electron chi connectivity index (χ4n) is 3.96. The van der Waals surface area contributed by atoms with Gasteiger partial charge in [0.1, 0.15) is 24.9 Å². The summed E-state index contributed by atoms with van der Waals surface area (Å²) >= 11 is 0. The molecule has 9 nitrogen and oxygen atoms in total. The number of nitrogens with zero attached hydrogens (tertiary/aromatic N) is 2. The average molecular weight is 513 g/mol. The molecule has 1 saturated heterocycles. The number of ether oxygens (including phenoxy) is 3. The maximum absolute atomic E-state index is 13.2. The van der Waals surface area contributed by atoms with Crippen LogP contribution < -0.4 is 0 Å². The summed E-state index contributed by atoms with van der Waals surface area (Å²) in [5.74, 6) is -0.504. The van der Waals surface area contributed by atoms with E-state index in [0.717, 1.165) is 11.1 Å². The van der Waals surface area contributed by atoms with Crippen LogP contribution >= 0.6 is 0 Å². The van der Waals surface area contributed by atoms with Crippen molar-refractivity contribution in [2.45, 2.75) is 71.4 Å². The Morgan fingerprint density at radius 2 is 1.49 bits per heavy atom. The van der Waals surface area contributed by atoms with Gasteiger partial charge >= 0.3 is 18.2 Å². The molecule has 1 aliphatic rings. The number of carbonyl (C=O) groups excluding carboxylic acids is 3. The van der Waals surface area contributed by atoms with Crippen LogP contribution in [-0.4, -0.2) is 59.0 Å². The largest absolute Gasteiger partial charge is 0.464 e. The van der Waals surface area contributed by atoms with E-state index in [1.165, 1.54) is 9.96 Å². The average Bonchev–Trinajstić information content (AvgIpc) is 2.88. The van der Waals surface area contributed by atoms with Gasteiger partial charge in [0, 0.05) is 6.54 Å². The third-order valence-corrected chi connectivity index (χ3v) is 5.67. The van der Waals surface area contributed by atoms with Crippen molar-refractivity contribution < 1.29 is 33.4 Å². The van der Waals surface area contributed by atoms with Crippen molar-refractivity contribution >= 4 is 18.2 Å². The molecule has 0 N–H and O–H groups in total. The molecule has 0 aromatic heterocycles.